The van der Waals surface area contributed by atoms with Crippen molar-refractivity contribution in [2.75, 3.05) is 0 Å². The second-order valence-corrected chi connectivity index (χ2v) is 4.35. The zero-order valence-electron chi connectivity index (χ0n) is 9.88. The van der Waals surface area contributed by atoms with Gasteiger partial charge in [-0.05, 0) is 17.8 Å². The topological polar surface area (TPSA) is 43.1 Å². The number of rotatable bonds is 2. The van der Waals surface area contributed by atoms with Crippen LogP contribution in [0.3, 0.4) is 0 Å². The highest BCUT2D eigenvalue weighted by molar-refractivity contribution is 5.42. The third-order valence-electron chi connectivity index (χ3n) is 4.02. The lowest BCUT2D eigenvalue weighted by Gasteiger charge is -2.41. The van der Waals surface area contributed by atoms with Crippen LogP contribution in [0.1, 0.15) is 59.3 Å². The summed E-state index contributed by atoms with van der Waals surface area (Å²) in [5.41, 5.74) is 4.89. The highest BCUT2D eigenvalue weighted by atomic mass is 16.1. The Morgan fingerprint density at radius 1 is 1.36 bits per heavy atom. The van der Waals surface area contributed by atoms with E-state index in [1.54, 1.807) is 0 Å². The van der Waals surface area contributed by atoms with Gasteiger partial charge < -0.3 is 5.73 Å². The van der Waals surface area contributed by atoms with Crippen molar-refractivity contribution in [3.63, 3.8) is 0 Å². The van der Waals surface area contributed by atoms with Gasteiger partial charge in [0, 0.05) is 0 Å². The average molecular weight is 199 g/mol. The van der Waals surface area contributed by atoms with Gasteiger partial charge in [-0.2, -0.15) is 0 Å². The first-order chi connectivity index (χ1) is 6.66. The minimum absolute atomic E-state index is 0.250. The van der Waals surface area contributed by atoms with Crippen molar-refractivity contribution < 1.29 is 4.79 Å². The van der Waals surface area contributed by atoms with E-state index in [1.165, 1.54) is 38.5 Å². The van der Waals surface area contributed by atoms with Gasteiger partial charge in [-0.1, -0.05) is 52.9 Å². The molecule has 1 saturated carbocycles. The first-order valence-electron chi connectivity index (χ1n) is 5.82. The number of hydrogen-bond acceptors (Lipinski definition) is 1. The van der Waals surface area contributed by atoms with Crippen LogP contribution >= 0.6 is 0 Å². The molecule has 1 aliphatic rings. The number of carbonyl (C=O) groups is 1. The summed E-state index contributed by atoms with van der Waals surface area (Å²) in [6, 6.07) is 0. The van der Waals surface area contributed by atoms with Crippen LogP contribution in [-0.4, -0.2) is 6.41 Å². The van der Waals surface area contributed by atoms with E-state index in [0.29, 0.717) is 0 Å². The third kappa shape index (κ3) is 3.32. The molecule has 0 bridgehead atoms. The third-order valence-corrected chi connectivity index (χ3v) is 4.02. The zero-order valence-corrected chi connectivity index (χ0v) is 9.88. The van der Waals surface area contributed by atoms with Crippen molar-refractivity contribution in [2.45, 2.75) is 59.3 Å². The van der Waals surface area contributed by atoms with E-state index in [2.05, 4.69) is 26.5 Å². The van der Waals surface area contributed by atoms with E-state index in [1.807, 2.05) is 0 Å². The molecule has 1 fully saturated rings. The number of amides is 1. The smallest absolute Gasteiger partial charge is 0.204 e. The van der Waals surface area contributed by atoms with E-state index in [0.717, 1.165) is 11.3 Å². The molecule has 0 aromatic rings. The fourth-order valence-electron chi connectivity index (χ4n) is 2.78. The molecule has 0 radical (unpaired) electrons. The molecule has 14 heavy (non-hydrogen) atoms. The first kappa shape index (κ1) is 13.5. The lowest BCUT2D eigenvalue weighted by atomic mass is 9.64. The van der Waals surface area contributed by atoms with E-state index in [4.69, 9.17) is 4.79 Å². The fourth-order valence-corrected chi connectivity index (χ4v) is 2.78. The molecule has 1 rings (SSSR count). The van der Waals surface area contributed by atoms with Gasteiger partial charge >= 0.3 is 0 Å². The maximum atomic E-state index is 8.58. The van der Waals surface area contributed by atoms with Crippen molar-refractivity contribution in [2.24, 2.45) is 17.1 Å². The SMILES string of the molecule is CCC1(CC)CCCCC1C.NC=O. The molecular formula is C12H25NO. The van der Waals surface area contributed by atoms with Crippen LogP contribution in [0.2, 0.25) is 0 Å². The van der Waals surface area contributed by atoms with Crippen molar-refractivity contribution in [1.82, 2.24) is 0 Å². The van der Waals surface area contributed by atoms with Gasteiger partial charge in [-0.25, -0.2) is 0 Å². The van der Waals surface area contributed by atoms with E-state index in [9.17, 15) is 0 Å². The van der Waals surface area contributed by atoms with Crippen molar-refractivity contribution in [3.05, 3.63) is 0 Å². The van der Waals surface area contributed by atoms with Gasteiger partial charge in [-0.3, -0.25) is 4.79 Å². The van der Waals surface area contributed by atoms with Gasteiger partial charge in [0.25, 0.3) is 0 Å². The summed E-state index contributed by atoms with van der Waals surface area (Å²) in [7, 11) is 0. The first-order valence-corrected chi connectivity index (χ1v) is 5.82. The highest BCUT2D eigenvalue weighted by Crippen LogP contribution is 2.45. The Balaban J connectivity index is 0.000000500. The van der Waals surface area contributed by atoms with E-state index >= 15 is 0 Å². The summed E-state index contributed by atoms with van der Waals surface area (Å²) in [5.74, 6) is 0.978. The molecule has 1 unspecified atom stereocenters. The normalized spacial score (nSPS) is 24.6. The Morgan fingerprint density at radius 2 is 1.86 bits per heavy atom. The lowest BCUT2D eigenvalue weighted by molar-refractivity contribution is -0.106. The predicted molar refractivity (Wildman–Crippen MR) is 60.9 cm³/mol. The minimum atomic E-state index is 0.250. The summed E-state index contributed by atoms with van der Waals surface area (Å²) >= 11 is 0. The predicted octanol–water partition coefficient (Wildman–Crippen LogP) is 3.10. The fraction of sp³-hybridized carbons (Fsp3) is 0.917. The second-order valence-electron chi connectivity index (χ2n) is 4.35. The Hall–Kier alpha value is -0.530. The standard InChI is InChI=1S/C11H22.CH3NO/c1-4-11(5-2)9-7-6-8-10(11)3;2-1-3/h10H,4-9H2,1-3H3;1H,(H2,2,3). The van der Waals surface area contributed by atoms with Crippen molar-refractivity contribution in [3.8, 4) is 0 Å². The summed E-state index contributed by atoms with van der Waals surface area (Å²) in [5, 5.41) is 0. The van der Waals surface area contributed by atoms with E-state index in [-0.39, 0.29) is 6.41 Å². The van der Waals surface area contributed by atoms with Crippen molar-refractivity contribution >= 4 is 6.41 Å². The molecule has 1 atom stereocenters. The Morgan fingerprint density at radius 3 is 2.14 bits per heavy atom. The molecule has 1 aliphatic carbocycles. The minimum Gasteiger partial charge on any atom is -0.372 e. The van der Waals surface area contributed by atoms with Gasteiger partial charge in [0.1, 0.15) is 0 Å². The van der Waals surface area contributed by atoms with Gasteiger partial charge in [-0.15, -0.1) is 0 Å². The van der Waals surface area contributed by atoms with Crippen LogP contribution in [0.4, 0.5) is 0 Å². The molecule has 84 valence electrons. The van der Waals surface area contributed by atoms with Crippen molar-refractivity contribution in [1.29, 1.82) is 0 Å². The number of primary amides is 1. The van der Waals surface area contributed by atoms with Crippen LogP contribution in [0.25, 0.3) is 0 Å². The number of nitrogens with two attached hydrogens (primary N) is 1. The maximum absolute atomic E-state index is 8.58. The quantitative estimate of drug-likeness (QED) is 0.682. The van der Waals surface area contributed by atoms with Crippen LogP contribution in [0, 0.1) is 11.3 Å². The molecule has 0 aliphatic heterocycles. The molecule has 0 aromatic heterocycles. The van der Waals surface area contributed by atoms with Crippen LogP contribution < -0.4 is 5.73 Å². The molecule has 2 nitrogen and oxygen atoms in total. The summed E-state index contributed by atoms with van der Waals surface area (Å²) < 4.78 is 0. The molecule has 2 N–H and O–H groups in total. The molecule has 2 heteroatoms. The zero-order chi connectivity index (χ0) is 11.0. The molecule has 0 heterocycles. The average Bonchev–Trinajstić information content (AvgIpc) is 2.20. The lowest BCUT2D eigenvalue weighted by Crippen LogP contribution is -2.30. The Kier molecular flexibility index (Phi) is 6.60. The number of carbonyl (C=O) groups excluding carboxylic acids is 1. The van der Waals surface area contributed by atoms with Crippen LogP contribution in [0.5, 0.6) is 0 Å². The number of hydrogen-bond donors (Lipinski definition) is 1. The highest BCUT2D eigenvalue weighted by Gasteiger charge is 2.34. The monoisotopic (exact) mass is 199 g/mol. The molecule has 1 amide bonds. The van der Waals surface area contributed by atoms with Gasteiger partial charge in [0.2, 0.25) is 6.41 Å². The Bertz CT molecular complexity index is 152. The largest absolute Gasteiger partial charge is 0.372 e. The van der Waals surface area contributed by atoms with Gasteiger partial charge in [0.15, 0.2) is 0 Å². The second kappa shape index (κ2) is 6.86. The summed E-state index contributed by atoms with van der Waals surface area (Å²) in [6.45, 7) is 7.18. The maximum Gasteiger partial charge on any atom is 0.204 e. The molecule has 0 aromatic carbocycles. The molecular weight excluding hydrogens is 174 g/mol. The summed E-state index contributed by atoms with van der Waals surface area (Å²) in [4.78, 5) is 8.58. The Labute approximate surface area is 88.3 Å². The van der Waals surface area contributed by atoms with Gasteiger partial charge in [0.05, 0.1) is 0 Å². The van der Waals surface area contributed by atoms with E-state index < -0.39 is 0 Å². The molecule has 0 spiro atoms. The van der Waals surface area contributed by atoms with Crippen LogP contribution in [0.15, 0.2) is 0 Å². The summed E-state index contributed by atoms with van der Waals surface area (Å²) in [6.07, 6.45) is 8.95. The van der Waals surface area contributed by atoms with Crippen LogP contribution in [-0.2, 0) is 4.79 Å². The molecule has 0 saturated heterocycles.